The van der Waals surface area contributed by atoms with Crippen LogP contribution >= 0.6 is 0 Å². The maximum absolute atomic E-state index is 5.71. The minimum absolute atomic E-state index is 0.696. The molecule has 0 bridgehead atoms. The molecule has 96 valence electrons. The molecule has 3 N–H and O–H groups in total. The van der Waals surface area contributed by atoms with Crippen molar-refractivity contribution in [3.63, 3.8) is 0 Å². The van der Waals surface area contributed by atoms with Gasteiger partial charge in [-0.2, -0.15) is 0 Å². The SMILES string of the molecule is CCCOc1cccc2cc(CC)c(NN)nc12. The summed E-state index contributed by atoms with van der Waals surface area (Å²) in [6.45, 7) is 4.86. The Morgan fingerprint density at radius 3 is 2.83 bits per heavy atom. The summed E-state index contributed by atoms with van der Waals surface area (Å²) in [6, 6.07) is 8.08. The van der Waals surface area contributed by atoms with E-state index in [-0.39, 0.29) is 0 Å². The van der Waals surface area contributed by atoms with Gasteiger partial charge in [0.05, 0.1) is 6.61 Å². The van der Waals surface area contributed by atoms with Crippen molar-refractivity contribution in [3.05, 3.63) is 29.8 Å². The molecule has 1 aromatic carbocycles. The zero-order chi connectivity index (χ0) is 13.0. The van der Waals surface area contributed by atoms with Crippen molar-refractivity contribution in [2.75, 3.05) is 12.0 Å². The smallest absolute Gasteiger partial charge is 0.145 e. The number of fused-ring (bicyclic) bond motifs is 1. The lowest BCUT2D eigenvalue weighted by Gasteiger charge is -2.11. The van der Waals surface area contributed by atoms with Crippen molar-refractivity contribution in [1.82, 2.24) is 4.98 Å². The predicted octanol–water partition coefficient (Wildman–Crippen LogP) is 2.87. The van der Waals surface area contributed by atoms with Crippen molar-refractivity contribution in [1.29, 1.82) is 0 Å². The number of nitrogen functional groups attached to an aromatic ring is 1. The summed E-state index contributed by atoms with van der Waals surface area (Å²) < 4.78 is 5.71. The summed E-state index contributed by atoms with van der Waals surface area (Å²) in [5, 5.41) is 1.08. The van der Waals surface area contributed by atoms with Gasteiger partial charge < -0.3 is 10.2 Å². The molecular formula is C14H19N3O. The normalized spacial score (nSPS) is 10.6. The first kappa shape index (κ1) is 12.6. The number of ether oxygens (including phenoxy) is 1. The third-order valence-electron chi connectivity index (χ3n) is 2.87. The summed E-state index contributed by atoms with van der Waals surface area (Å²) in [5.74, 6) is 7.05. The Balaban J connectivity index is 2.54. The van der Waals surface area contributed by atoms with E-state index in [1.54, 1.807) is 0 Å². The number of nitrogens with two attached hydrogens (primary N) is 1. The Hall–Kier alpha value is -1.81. The second-order valence-electron chi connectivity index (χ2n) is 4.17. The molecule has 4 heteroatoms. The van der Waals surface area contributed by atoms with Gasteiger partial charge in [0, 0.05) is 5.39 Å². The number of benzene rings is 1. The number of hydrogen-bond acceptors (Lipinski definition) is 4. The van der Waals surface area contributed by atoms with Gasteiger partial charge in [-0.25, -0.2) is 10.8 Å². The first-order valence-corrected chi connectivity index (χ1v) is 6.32. The van der Waals surface area contributed by atoms with Crippen LogP contribution in [0.25, 0.3) is 10.9 Å². The second-order valence-corrected chi connectivity index (χ2v) is 4.17. The zero-order valence-corrected chi connectivity index (χ0v) is 10.9. The quantitative estimate of drug-likeness (QED) is 0.628. The Morgan fingerprint density at radius 1 is 1.33 bits per heavy atom. The predicted molar refractivity (Wildman–Crippen MR) is 74.7 cm³/mol. The van der Waals surface area contributed by atoms with Crippen molar-refractivity contribution in [2.24, 2.45) is 5.84 Å². The molecule has 4 nitrogen and oxygen atoms in total. The number of hydrogen-bond donors (Lipinski definition) is 2. The van der Waals surface area contributed by atoms with Gasteiger partial charge in [0.2, 0.25) is 0 Å². The topological polar surface area (TPSA) is 60.2 Å². The van der Waals surface area contributed by atoms with E-state index in [9.17, 15) is 0 Å². The molecule has 0 fully saturated rings. The molecule has 0 saturated heterocycles. The lowest BCUT2D eigenvalue weighted by molar-refractivity contribution is 0.320. The third-order valence-corrected chi connectivity index (χ3v) is 2.87. The van der Waals surface area contributed by atoms with Crippen LogP contribution in [0.15, 0.2) is 24.3 Å². The highest BCUT2D eigenvalue weighted by Crippen LogP contribution is 2.27. The van der Waals surface area contributed by atoms with Crippen molar-refractivity contribution in [2.45, 2.75) is 26.7 Å². The number of nitrogens with zero attached hydrogens (tertiary/aromatic N) is 1. The molecule has 0 aliphatic rings. The maximum atomic E-state index is 5.71. The molecule has 0 saturated carbocycles. The van der Waals surface area contributed by atoms with Crippen LogP contribution in [-0.4, -0.2) is 11.6 Å². The molecule has 0 aliphatic heterocycles. The third kappa shape index (κ3) is 2.38. The molecular weight excluding hydrogens is 226 g/mol. The fourth-order valence-corrected chi connectivity index (χ4v) is 1.94. The first-order chi connectivity index (χ1) is 8.80. The van der Waals surface area contributed by atoms with Crippen LogP contribution in [0, 0.1) is 0 Å². The van der Waals surface area contributed by atoms with Gasteiger partial charge in [-0.15, -0.1) is 0 Å². The Kier molecular flexibility index (Phi) is 3.99. The summed E-state index contributed by atoms with van der Waals surface area (Å²) in [6.07, 6.45) is 1.87. The van der Waals surface area contributed by atoms with Crippen molar-refractivity contribution in [3.8, 4) is 5.75 Å². The largest absolute Gasteiger partial charge is 0.491 e. The van der Waals surface area contributed by atoms with Crippen LogP contribution in [0.5, 0.6) is 5.75 Å². The Morgan fingerprint density at radius 2 is 2.17 bits per heavy atom. The van der Waals surface area contributed by atoms with Crippen LogP contribution in [0.3, 0.4) is 0 Å². The number of aryl methyl sites for hydroxylation is 1. The van der Waals surface area contributed by atoms with Crippen molar-refractivity contribution >= 4 is 16.7 Å². The van der Waals surface area contributed by atoms with E-state index in [2.05, 4.69) is 30.3 Å². The van der Waals surface area contributed by atoms with Gasteiger partial charge in [-0.05, 0) is 30.5 Å². The number of aromatic nitrogens is 1. The minimum atomic E-state index is 0.696. The fourth-order valence-electron chi connectivity index (χ4n) is 1.94. The number of rotatable bonds is 5. The van der Waals surface area contributed by atoms with E-state index in [0.717, 1.165) is 40.9 Å². The van der Waals surface area contributed by atoms with E-state index in [1.165, 1.54) is 0 Å². The van der Waals surface area contributed by atoms with Gasteiger partial charge >= 0.3 is 0 Å². The maximum Gasteiger partial charge on any atom is 0.145 e. The van der Waals surface area contributed by atoms with Crippen LogP contribution in [0.4, 0.5) is 5.82 Å². The van der Waals surface area contributed by atoms with Gasteiger partial charge in [-0.1, -0.05) is 26.0 Å². The molecule has 0 unspecified atom stereocenters. The van der Waals surface area contributed by atoms with E-state index < -0.39 is 0 Å². The summed E-state index contributed by atoms with van der Waals surface area (Å²) >= 11 is 0. The zero-order valence-electron chi connectivity index (χ0n) is 10.9. The number of hydrazine groups is 1. The summed E-state index contributed by atoms with van der Waals surface area (Å²) in [4.78, 5) is 4.56. The van der Waals surface area contributed by atoms with Gasteiger partial charge in [0.15, 0.2) is 0 Å². The summed E-state index contributed by atoms with van der Waals surface area (Å²) in [7, 11) is 0. The number of anilines is 1. The Labute approximate surface area is 107 Å². The summed E-state index contributed by atoms with van der Waals surface area (Å²) in [5.41, 5.74) is 4.62. The molecule has 0 radical (unpaired) electrons. The van der Waals surface area contributed by atoms with Crippen LogP contribution in [-0.2, 0) is 6.42 Å². The molecule has 1 heterocycles. The second kappa shape index (κ2) is 5.69. The molecule has 0 atom stereocenters. The highest BCUT2D eigenvalue weighted by Gasteiger charge is 2.08. The average Bonchev–Trinajstić information content (AvgIpc) is 2.43. The van der Waals surface area contributed by atoms with E-state index >= 15 is 0 Å². The molecule has 1 aromatic heterocycles. The van der Waals surface area contributed by atoms with E-state index in [4.69, 9.17) is 10.6 Å². The lowest BCUT2D eigenvalue weighted by Crippen LogP contribution is -2.11. The molecule has 0 spiro atoms. The lowest BCUT2D eigenvalue weighted by atomic mass is 10.1. The molecule has 2 aromatic rings. The monoisotopic (exact) mass is 245 g/mol. The molecule has 0 amide bonds. The molecule has 18 heavy (non-hydrogen) atoms. The molecule has 0 aliphatic carbocycles. The van der Waals surface area contributed by atoms with Crippen LogP contribution in [0.2, 0.25) is 0 Å². The fraction of sp³-hybridized carbons (Fsp3) is 0.357. The standard InChI is InChI=1S/C14H19N3O/c1-3-8-18-12-7-5-6-11-9-10(4-2)14(17-15)16-13(11)12/h5-7,9H,3-4,8,15H2,1-2H3,(H,16,17). The van der Waals surface area contributed by atoms with Gasteiger partial charge in [-0.3, -0.25) is 0 Å². The highest BCUT2D eigenvalue weighted by atomic mass is 16.5. The number of para-hydroxylation sites is 1. The first-order valence-electron chi connectivity index (χ1n) is 6.32. The molecule has 2 rings (SSSR count). The average molecular weight is 245 g/mol. The van der Waals surface area contributed by atoms with Gasteiger partial charge in [0.25, 0.3) is 0 Å². The van der Waals surface area contributed by atoms with E-state index in [1.807, 2.05) is 18.2 Å². The number of nitrogens with one attached hydrogen (secondary N) is 1. The number of pyridine rings is 1. The van der Waals surface area contributed by atoms with Gasteiger partial charge in [0.1, 0.15) is 17.1 Å². The minimum Gasteiger partial charge on any atom is -0.491 e. The van der Waals surface area contributed by atoms with Crippen LogP contribution in [0.1, 0.15) is 25.8 Å². The Bertz CT molecular complexity index is 540. The van der Waals surface area contributed by atoms with E-state index in [0.29, 0.717) is 6.61 Å². The van der Waals surface area contributed by atoms with Crippen molar-refractivity contribution < 1.29 is 4.74 Å². The van der Waals surface area contributed by atoms with Crippen LogP contribution < -0.4 is 16.0 Å². The highest BCUT2D eigenvalue weighted by molar-refractivity contribution is 5.87.